The monoisotopic (exact) mass is 382 g/mol. The van der Waals surface area contributed by atoms with Crippen molar-refractivity contribution in [3.63, 3.8) is 0 Å². The lowest BCUT2D eigenvalue weighted by molar-refractivity contribution is -0.142. The van der Waals surface area contributed by atoms with E-state index in [4.69, 9.17) is 5.11 Å². The van der Waals surface area contributed by atoms with Gasteiger partial charge in [-0.05, 0) is 12.8 Å². The fraction of sp³-hybridized carbons (Fsp3) is 0.960. The molecule has 0 radical (unpaired) electrons. The SMILES string of the molecule is CCCCCCCCCCCCCCCCCCCCC[C@@H](CC)C(=O)O. The van der Waals surface area contributed by atoms with Crippen LogP contribution in [0.3, 0.4) is 0 Å². The molecular formula is C25H50O2. The van der Waals surface area contributed by atoms with E-state index in [1.54, 1.807) is 0 Å². The molecule has 0 bridgehead atoms. The molecule has 0 heterocycles. The highest BCUT2D eigenvalue weighted by Gasteiger charge is 2.13. The highest BCUT2D eigenvalue weighted by Crippen LogP contribution is 2.17. The first kappa shape index (κ1) is 26.5. The lowest BCUT2D eigenvalue weighted by Crippen LogP contribution is -2.12. The maximum atomic E-state index is 11.0. The summed E-state index contributed by atoms with van der Waals surface area (Å²) in [5, 5.41) is 9.02. The summed E-state index contributed by atoms with van der Waals surface area (Å²) >= 11 is 0. The van der Waals surface area contributed by atoms with Crippen LogP contribution < -0.4 is 0 Å². The highest BCUT2D eigenvalue weighted by atomic mass is 16.4. The van der Waals surface area contributed by atoms with E-state index < -0.39 is 5.97 Å². The highest BCUT2D eigenvalue weighted by molar-refractivity contribution is 5.69. The van der Waals surface area contributed by atoms with Crippen molar-refractivity contribution in [3.8, 4) is 0 Å². The topological polar surface area (TPSA) is 37.3 Å². The van der Waals surface area contributed by atoms with Crippen molar-refractivity contribution >= 4 is 5.97 Å². The molecule has 2 heteroatoms. The first-order valence-corrected chi connectivity index (χ1v) is 12.4. The molecule has 0 aliphatic rings. The second kappa shape index (κ2) is 21.8. The minimum absolute atomic E-state index is 0.115. The van der Waals surface area contributed by atoms with E-state index in [-0.39, 0.29) is 5.92 Å². The summed E-state index contributed by atoms with van der Waals surface area (Å²) in [6.07, 6.45) is 28.0. The Labute approximate surface area is 170 Å². The third kappa shape index (κ3) is 20.0. The van der Waals surface area contributed by atoms with Crippen molar-refractivity contribution in [1.82, 2.24) is 0 Å². The van der Waals surface area contributed by atoms with Crippen LogP contribution in [0.25, 0.3) is 0 Å². The summed E-state index contributed by atoms with van der Waals surface area (Å²) in [6.45, 7) is 4.27. The van der Waals surface area contributed by atoms with Crippen LogP contribution in [-0.4, -0.2) is 11.1 Å². The van der Waals surface area contributed by atoms with Crippen LogP contribution in [0.1, 0.15) is 149 Å². The van der Waals surface area contributed by atoms with Crippen LogP contribution in [0.4, 0.5) is 0 Å². The maximum absolute atomic E-state index is 11.0. The molecule has 0 fully saturated rings. The molecule has 0 saturated carbocycles. The normalized spacial score (nSPS) is 12.4. The van der Waals surface area contributed by atoms with Crippen LogP contribution in [0.2, 0.25) is 0 Å². The van der Waals surface area contributed by atoms with E-state index >= 15 is 0 Å². The summed E-state index contributed by atoms with van der Waals surface area (Å²) in [4.78, 5) is 11.0. The fourth-order valence-electron chi connectivity index (χ4n) is 3.97. The molecule has 0 aromatic carbocycles. The zero-order valence-electron chi connectivity index (χ0n) is 18.8. The number of hydrogen-bond donors (Lipinski definition) is 1. The van der Waals surface area contributed by atoms with Crippen molar-refractivity contribution in [2.24, 2.45) is 5.92 Å². The summed E-state index contributed by atoms with van der Waals surface area (Å²) < 4.78 is 0. The Hall–Kier alpha value is -0.530. The molecule has 0 aliphatic carbocycles. The Morgan fingerprint density at radius 3 is 1.11 bits per heavy atom. The molecule has 0 rings (SSSR count). The predicted octanol–water partition coefficient (Wildman–Crippen LogP) is 8.92. The molecule has 27 heavy (non-hydrogen) atoms. The Balaban J connectivity index is 3.10. The number of carbonyl (C=O) groups is 1. The number of carboxylic acids is 1. The third-order valence-electron chi connectivity index (χ3n) is 6.00. The lowest BCUT2D eigenvalue weighted by atomic mass is 9.98. The molecule has 0 aromatic rings. The van der Waals surface area contributed by atoms with Gasteiger partial charge in [0.1, 0.15) is 0 Å². The van der Waals surface area contributed by atoms with Gasteiger partial charge in [-0.2, -0.15) is 0 Å². The maximum Gasteiger partial charge on any atom is 0.306 e. The number of aliphatic carboxylic acids is 1. The Morgan fingerprint density at radius 2 is 0.852 bits per heavy atom. The van der Waals surface area contributed by atoms with E-state index in [0.29, 0.717) is 0 Å². The van der Waals surface area contributed by atoms with Gasteiger partial charge >= 0.3 is 5.97 Å². The Morgan fingerprint density at radius 1 is 0.556 bits per heavy atom. The van der Waals surface area contributed by atoms with E-state index in [0.717, 1.165) is 19.3 Å². The summed E-state index contributed by atoms with van der Waals surface area (Å²) in [6, 6.07) is 0. The van der Waals surface area contributed by atoms with Crippen molar-refractivity contribution in [2.75, 3.05) is 0 Å². The molecule has 2 nitrogen and oxygen atoms in total. The largest absolute Gasteiger partial charge is 0.481 e. The summed E-state index contributed by atoms with van der Waals surface area (Å²) in [7, 11) is 0. The molecule has 0 aliphatic heterocycles. The third-order valence-corrected chi connectivity index (χ3v) is 6.00. The summed E-state index contributed by atoms with van der Waals surface area (Å²) in [5.41, 5.74) is 0. The van der Waals surface area contributed by atoms with Crippen molar-refractivity contribution in [2.45, 2.75) is 149 Å². The Kier molecular flexibility index (Phi) is 21.3. The van der Waals surface area contributed by atoms with Gasteiger partial charge in [-0.1, -0.05) is 136 Å². The van der Waals surface area contributed by atoms with Crippen LogP contribution in [0.5, 0.6) is 0 Å². The average Bonchev–Trinajstić information content (AvgIpc) is 2.66. The van der Waals surface area contributed by atoms with Gasteiger partial charge in [0, 0.05) is 0 Å². The van der Waals surface area contributed by atoms with Gasteiger partial charge in [0.15, 0.2) is 0 Å². The van der Waals surface area contributed by atoms with Crippen molar-refractivity contribution < 1.29 is 9.90 Å². The van der Waals surface area contributed by atoms with E-state index in [2.05, 4.69) is 6.92 Å². The van der Waals surface area contributed by atoms with Crippen LogP contribution >= 0.6 is 0 Å². The molecule has 1 atom stereocenters. The van der Waals surface area contributed by atoms with E-state index in [1.165, 1.54) is 116 Å². The quantitative estimate of drug-likeness (QED) is 0.190. The molecular weight excluding hydrogens is 332 g/mol. The number of carboxylic acid groups (broad SMARTS) is 1. The molecule has 162 valence electrons. The van der Waals surface area contributed by atoms with Gasteiger partial charge in [0.05, 0.1) is 5.92 Å². The minimum atomic E-state index is -0.611. The van der Waals surface area contributed by atoms with Gasteiger partial charge in [-0.15, -0.1) is 0 Å². The fourth-order valence-corrected chi connectivity index (χ4v) is 3.97. The first-order chi connectivity index (χ1) is 13.2. The number of rotatable bonds is 22. The zero-order valence-corrected chi connectivity index (χ0v) is 18.8. The molecule has 0 saturated heterocycles. The second-order valence-electron chi connectivity index (χ2n) is 8.60. The van der Waals surface area contributed by atoms with E-state index in [1.807, 2.05) is 6.92 Å². The molecule has 0 amide bonds. The van der Waals surface area contributed by atoms with Crippen molar-refractivity contribution in [1.29, 1.82) is 0 Å². The Bertz CT molecular complexity index is 301. The number of hydrogen-bond acceptors (Lipinski definition) is 1. The zero-order chi connectivity index (χ0) is 20.0. The second-order valence-corrected chi connectivity index (χ2v) is 8.60. The molecule has 0 aromatic heterocycles. The van der Waals surface area contributed by atoms with Crippen LogP contribution in [0.15, 0.2) is 0 Å². The van der Waals surface area contributed by atoms with Crippen LogP contribution in [0, 0.1) is 5.92 Å². The first-order valence-electron chi connectivity index (χ1n) is 12.4. The minimum Gasteiger partial charge on any atom is -0.481 e. The van der Waals surface area contributed by atoms with Gasteiger partial charge in [0.2, 0.25) is 0 Å². The van der Waals surface area contributed by atoms with Crippen LogP contribution in [-0.2, 0) is 4.79 Å². The van der Waals surface area contributed by atoms with Gasteiger partial charge in [0.25, 0.3) is 0 Å². The van der Waals surface area contributed by atoms with Crippen molar-refractivity contribution in [3.05, 3.63) is 0 Å². The lowest BCUT2D eigenvalue weighted by Gasteiger charge is -2.08. The number of unbranched alkanes of at least 4 members (excludes halogenated alkanes) is 18. The van der Waals surface area contributed by atoms with Gasteiger partial charge < -0.3 is 5.11 Å². The summed E-state index contributed by atoms with van der Waals surface area (Å²) in [5.74, 6) is -0.726. The standard InChI is InChI=1S/C25H50O2/c1-3-5-6-7-8-9-10-11-12-13-14-15-16-17-18-19-20-21-22-23-24(4-2)25(26)27/h24H,3-23H2,1-2H3,(H,26,27)/t24-/m1/s1. The molecule has 0 spiro atoms. The van der Waals surface area contributed by atoms with Gasteiger partial charge in [-0.3, -0.25) is 4.79 Å². The molecule has 1 N–H and O–H groups in total. The smallest absolute Gasteiger partial charge is 0.306 e. The average molecular weight is 383 g/mol. The molecule has 0 unspecified atom stereocenters. The van der Waals surface area contributed by atoms with Gasteiger partial charge in [-0.25, -0.2) is 0 Å². The van der Waals surface area contributed by atoms with E-state index in [9.17, 15) is 4.79 Å². The predicted molar refractivity (Wildman–Crippen MR) is 119 cm³/mol.